The molecule has 18 heavy (non-hydrogen) atoms. The summed E-state index contributed by atoms with van der Waals surface area (Å²) < 4.78 is 29.4. The van der Waals surface area contributed by atoms with Crippen molar-refractivity contribution < 1.29 is 23.1 Å². The van der Waals surface area contributed by atoms with Gasteiger partial charge >= 0.3 is 5.97 Å². The van der Waals surface area contributed by atoms with Gasteiger partial charge in [0.15, 0.2) is 9.84 Å². The van der Waals surface area contributed by atoms with Crippen molar-refractivity contribution in [3.63, 3.8) is 0 Å². The van der Waals surface area contributed by atoms with Gasteiger partial charge in [-0.25, -0.2) is 13.2 Å². The summed E-state index contributed by atoms with van der Waals surface area (Å²) in [5.74, 6) is -1.09. The summed E-state index contributed by atoms with van der Waals surface area (Å²) in [7, 11) is -3.21. The highest BCUT2D eigenvalue weighted by Crippen LogP contribution is 2.24. The van der Waals surface area contributed by atoms with Gasteiger partial charge in [0.2, 0.25) is 0 Å². The summed E-state index contributed by atoms with van der Waals surface area (Å²) in [6.07, 6.45) is 1.05. The number of hydrogen-bond acceptors (Lipinski definition) is 5. The Labute approximate surface area is 109 Å². The molecule has 0 spiro atoms. The van der Waals surface area contributed by atoms with Crippen molar-refractivity contribution in [2.75, 3.05) is 13.2 Å². The van der Waals surface area contributed by atoms with Crippen LogP contribution >= 0.6 is 11.3 Å². The third-order valence-electron chi connectivity index (χ3n) is 2.89. The van der Waals surface area contributed by atoms with Gasteiger partial charge in [0, 0.05) is 18.1 Å². The molecule has 0 aliphatic carbocycles. The predicted molar refractivity (Wildman–Crippen MR) is 67.7 cm³/mol. The molecule has 5 nitrogen and oxygen atoms in total. The molecule has 7 heteroatoms. The third kappa shape index (κ3) is 3.09. The quantitative estimate of drug-likeness (QED) is 0.909. The van der Waals surface area contributed by atoms with Crippen molar-refractivity contribution in [3.8, 4) is 0 Å². The topological polar surface area (TPSA) is 80.7 Å². The van der Waals surface area contributed by atoms with E-state index in [2.05, 4.69) is 0 Å². The van der Waals surface area contributed by atoms with Crippen LogP contribution in [0.3, 0.4) is 0 Å². The Morgan fingerprint density at radius 1 is 1.39 bits per heavy atom. The van der Waals surface area contributed by atoms with E-state index < -0.39 is 15.8 Å². The highest BCUT2D eigenvalue weighted by molar-refractivity contribution is 7.91. The zero-order chi connectivity index (χ0) is 13.2. The number of ether oxygens (including phenoxy) is 1. The summed E-state index contributed by atoms with van der Waals surface area (Å²) in [5.41, 5.74) is 0. The first kappa shape index (κ1) is 13.5. The summed E-state index contributed by atoms with van der Waals surface area (Å²) >= 11 is 1.02. The maximum atomic E-state index is 12.1. The smallest absolute Gasteiger partial charge is 0.345 e. The van der Waals surface area contributed by atoms with Gasteiger partial charge in [-0.05, 0) is 25.0 Å². The van der Waals surface area contributed by atoms with E-state index in [0.29, 0.717) is 30.9 Å². The Balaban J connectivity index is 2.08. The zero-order valence-electron chi connectivity index (χ0n) is 9.66. The minimum absolute atomic E-state index is 0.0738. The normalized spacial score (nSPS) is 17.8. The Bertz CT molecular complexity index is 525. The van der Waals surface area contributed by atoms with E-state index in [1.165, 1.54) is 6.07 Å². The predicted octanol–water partition coefficient (Wildman–Crippen LogP) is 1.54. The van der Waals surface area contributed by atoms with Crippen molar-refractivity contribution in [2.45, 2.75) is 23.8 Å². The van der Waals surface area contributed by atoms with Crippen LogP contribution in [0.15, 0.2) is 12.1 Å². The summed E-state index contributed by atoms with van der Waals surface area (Å²) in [6, 6.07) is 3.02. The van der Waals surface area contributed by atoms with Crippen molar-refractivity contribution >= 4 is 27.1 Å². The van der Waals surface area contributed by atoms with Crippen LogP contribution in [0.5, 0.6) is 0 Å². The average molecular weight is 290 g/mol. The molecular formula is C11H14O5S2. The second-order valence-corrected chi connectivity index (χ2v) is 7.64. The summed E-state index contributed by atoms with van der Waals surface area (Å²) in [6.45, 7) is 0.962. The first-order chi connectivity index (χ1) is 8.49. The lowest BCUT2D eigenvalue weighted by molar-refractivity contribution is 0.0702. The SMILES string of the molecule is O=C(O)c1ccc(CS(=O)(=O)C2CCOCC2)s1. The molecule has 0 amide bonds. The van der Waals surface area contributed by atoms with Gasteiger partial charge in [-0.15, -0.1) is 11.3 Å². The van der Waals surface area contributed by atoms with Gasteiger partial charge in [-0.2, -0.15) is 0 Å². The lowest BCUT2D eigenvalue weighted by atomic mass is 10.2. The van der Waals surface area contributed by atoms with E-state index in [-0.39, 0.29) is 15.9 Å². The fraction of sp³-hybridized carbons (Fsp3) is 0.545. The Kier molecular flexibility index (Phi) is 4.04. The summed E-state index contributed by atoms with van der Waals surface area (Å²) in [5, 5.41) is 8.43. The van der Waals surface area contributed by atoms with E-state index in [1.54, 1.807) is 6.07 Å². The monoisotopic (exact) mass is 290 g/mol. The summed E-state index contributed by atoms with van der Waals surface area (Å²) in [4.78, 5) is 11.5. The van der Waals surface area contributed by atoms with Crippen LogP contribution in [0.25, 0.3) is 0 Å². The maximum absolute atomic E-state index is 12.1. The van der Waals surface area contributed by atoms with E-state index in [1.807, 2.05) is 0 Å². The number of hydrogen-bond donors (Lipinski definition) is 1. The van der Waals surface area contributed by atoms with E-state index >= 15 is 0 Å². The standard InChI is InChI=1S/C11H14O5S2/c12-11(13)10-2-1-8(17-10)7-18(14,15)9-3-5-16-6-4-9/h1-2,9H,3-7H2,(H,12,13). The van der Waals surface area contributed by atoms with E-state index in [0.717, 1.165) is 11.3 Å². The Morgan fingerprint density at radius 2 is 2.06 bits per heavy atom. The van der Waals surface area contributed by atoms with E-state index in [9.17, 15) is 13.2 Å². The largest absolute Gasteiger partial charge is 0.477 e. The van der Waals surface area contributed by atoms with Crippen LogP contribution in [0, 0.1) is 0 Å². The van der Waals surface area contributed by atoms with Crippen molar-refractivity contribution in [1.82, 2.24) is 0 Å². The number of sulfone groups is 1. The molecule has 0 atom stereocenters. The Hall–Kier alpha value is -0.920. The molecule has 1 aromatic rings. The molecule has 2 heterocycles. The van der Waals surface area contributed by atoms with Gasteiger partial charge in [0.05, 0.1) is 11.0 Å². The number of carboxylic acids is 1. The zero-order valence-corrected chi connectivity index (χ0v) is 11.3. The molecule has 0 aromatic carbocycles. The van der Waals surface area contributed by atoms with Crippen LogP contribution in [0.4, 0.5) is 0 Å². The van der Waals surface area contributed by atoms with E-state index in [4.69, 9.17) is 9.84 Å². The number of carbonyl (C=O) groups is 1. The Morgan fingerprint density at radius 3 is 2.61 bits per heavy atom. The van der Waals surface area contributed by atoms with Crippen LogP contribution < -0.4 is 0 Å². The van der Waals surface area contributed by atoms with Crippen LogP contribution in [-0.2, 0) is 20.3 Å². The molecule has 1 saturated heterocycles. The van der Waals surface area contributed by atoms with Crippen molar-refractivity contribution in [1.29, 1.82) is 0 Å². The number of thiophene rings is 1. The molecular weight excluding hydrogens is 276 g/mol. The van der Waals surface area contributed by atoms with Crippen molar-refractivity contribution in [2.24, 2.45) is 0 Å². The fourth-order valence-electron chi connectivity index (χ4n) is 1.92. The molecule has 1 aliphatic heterocycles. The number of aromatic carboxylic acids is 1. The van der Waals surface area contributed by atoms with Gasteiger partial charge in [0.1, 0.15) is 4.88 Å². The number of rotatable bonds is 4. The second-order valence-electron chi connectivity index (χ2n) is 4.19. The molecule has 0 unspecified atom stereocenters. The molecule has 0 radical (unpaired) electrons. The first-order valence-corrected chi connectivity index (χ1v) is 8.13. The maximum Gasteiger partial charge on any atom is 0.345 e. The minimum Gasteiger partial charge on any atom is -0.477 e. The molecule has 1 aliphatic rings. The molecule has 100 valence electrons. The second kappa shape index (κ2) is 5.38. The first-order valence-electron chi connectivity index (χ1n) is 5.60. The minimum atomic E-state index is -3.21. The molecule has 0 saturated carbocycles. The number of carboxylic acid groups (broad SMARTS) is 1. The molecule has 0 bridgehead atoms. The molecule has 2 rings (SSSR count). The fourth-order valence-corrected chi connectivity index (χ4v) is 4.93. The molecule has 1 aromatic heterocycles. The highest BCUT2D eigenvalue weighted by Gasteiger charge is 2.28. The van der Waals surface area contributed by atoms with Crippen LogP contribution in [0.2, 0.25) is 0 Å². The molecule has 1 N–H and O–H groups in total. The lowest BCUT2D eigenvalue weighted by Gasteiger charge is -2.21. The van der Waals surface area contributed by atoms with Crippen molar-refractivity contribution in [3.05, 3.63) is 21.9 Å². The molecule has 1 fully saturated rings. The van der Waals surface area contributed by atoms with Crippen LogP contribution in [-0.4, -0.2) is 38.0 Å². The lowest BCUT2D eigenvalue weighted by Crippen LogP contribution is -2.29. The van der Waals surface area contributed by atoms with Gasteiger partial charge in [-0.3, -0.25) is 0 Å². The highest BCUT2D eigenvalue weighted by atomic mass is 32.2. The average Bonchev–Trinajstić information content (AvgIpc) is 2.78. The van der Waals surface area contributed by atoms with Gasteiger partial charge in [0.25, 0.3) is 0 Å². The van der Waals surface area contributed by atoms with Gasteiger partial charge < -0.3 is 9.84 Å². The van der Waals surface area contributed by atoms with Gasteiger partial charge in [-0.1, -0.05) is 0 Å². The third-order valence-corrected chi connectivity index (χ3v) is 6.35. The van der Waals surface area contributed by atoms with Crippen LogP contribution in [0.1, 0.15) is 27.4 Å².